The molecule has 5 nitrogen and oxygen atoms in total. The van der Waals surface area contributed by atoms with Crippen LogP contribution in [0.25, 0.3) is 5.57 Å². The van der Waals surface area contributed by atoms with Gasteiger partial charge in [-0.3, -0.25) is 4.79 Å². The van der Waals surface area contributed by atoms with Crippen LogP contribution in [0.15, 0.2) is 36.4 Å². The largest absolute Gasteiger partial charge is 0.504 e. The summed E-state index contributed by atoms with van der Waals surface area (Å²) in [5.74, 6) is -0.173. The number of hydrogen-bond acceptors (Lipinski definition) is 5. The molecule has 23 heavy (non-hydrogen) atoms. The number of carbonyl (C=O) groups excluding carboxylic acids is 1. The Morgan fingerprint density at radius 1 is 1.04 bits per heavy atom. The van der Waals surface area contributed by atoms with Gasteiger partial charge < -0.3 is 19.7 Å². The summed E-state index contributed by atoms with van der Waals surface area (Å²) < 4.78 is 10.1. The first-order valence-electron chi connectivity index (χ1n) is 7.06. The normalized spacial score (nSPS) is 13.3. The van der Waals surface area contributed by atoms with Crippen molar-refractivity contribution in [3.63, 3.8) is 0 Å². The lowest BCUT2D eigenvalue weighted by atomic mass is 9.86. The van der Waals surface area contributed by atoms with Crippen molar-refractivity contribution in [2.24, 2.45) is 0 Å². The third-order valence-electron chi connectivity index (χ3n) is 3.91. The molecule has 0 saturated heterocycles. The van der Waals surface area contributed by atoms with Gasteiger partial charge in [0.15, 0.2) is 17.3 Å². The molecule has 1 aliphatic rings. The average molecular weight is 312 g/mol. The van der Waals surface area contributed by atoms with Crippen molar-refractivity contribution >= 4 is 11.4 Å². The molecule has 0 aromatic heterocycles. The van der Waals surface area contributed by atoms with Crippen LogP contribution in [0, 0.1) is 0 Å². The Bertz CT molecular complexity index is 803. The number of allylic oxidation sites excluding steroid dienone is 2. The molecule has 0 spiro atoms. The van der Waals surface area contributed by atoms with Crippen LogP contribution >= 0.6 is 0 Å². The summed E-state index contributed by atoms with van der Waals surface area (Å²) in [6, 6.07) is 8.83. The maximum absolute atomic E-state index is 12.4. The van der Waals surface area contributed by atoms with Crippen molar-refractivity contribution in [2.75, 3.05) is 14.2 Å². The van der Waals surface area contributed by atoms with Crippen LogP contribution in [0.4, 0.5) is 0 Å². The second-order valence-corrected chi connectivity index (χ2v) is 5.25. The van der Waals surface area contributed by atoms with Crippen molar-refractivity contribution < 1.29 is 24.5 Å². The first kappa shape index (κ1) is 15.0. The zero-order valence-corrected chi connectivity index (χ0v) is 12.8. The third kappa shape index (κ3) is 2.50. The SMILES string of the molecule is COc1ccc(C2=CC(=O)c3c(cc(O)c(OC)c3O)C2)cc1. The summed E-state index contributed by atoms with van der Waals surface area (Å²) in [7, 11) is 2.92. The number of ether oxygens (including phenoxy) is 2. The lowest BCUT2D eigenvalue weighted by molar-refractivity contribution is 0.104. The molecule has 0 atom stereocenters. The number of hydrogen-bond donors (Lipinski definition) is 2. The first-order valence-corrected chi connectivity index (χ1v) is 7.06. The second kappa shape index (κ2) is 5.68. The standard InChI is InChI=1S/C18H16O5/c1-22-13-5-3-10(4-6-13)11-7-12-9-15(20)18(23-2)17(21)16(12)14(19)8-11/h3-6,8-9,20-21H,7H2,1-2H3. The quantitative estimate of drug-likeness (QED) is 0.911. The molecule has 0 amide bonds. The van der Waals surface area contributed by atoms with Crippen LogP contribution in [0.2, 0.25) is 0 Å². The van der Waals surface area contributed by atoms with E-state index in [9.17, 15) is 15.0 Å². The molecular formula is C18H16O5. The molecule has 1 aliphatic carbocycles. The minimum absolute atomic E-state index is 0.0848. The molecule has 2 aromatic carbocycles. The molecule has 0 aliphatic heterocycles. The number of methoxy groups -OCH3 is 2. The van der Waals surface area contributed by atoms with Gasteiger partial charge in [-0.05, 0) is 47.4 Å². The molecule has 0 saturated carbocycles. The minimum Gasteiger partial charge on any atom is -0.504 e. The number of aromatic hydroxyl groups is 2. The predicted octanol–water partition coefficient (Wildman–Crippen LogP) is 2.94. The average Bonchev–Trinajstić information content (AvgIpc) is 2.54. The van der Waals surface area contributed by atoms with Gasteiger partial charge >= 0.3 is 0 Å². The number of benzene rings is 2. The van der Waals surface area contributed by atoms with Gasteiger partial charge in [0.05, 0.1) is 19.8 Å². The minimum atomic E-state index is -0.322. The van der Waals surface area contributed by atoms with Crippen LogP contribution in [0.1, 0.15) is 21.5 Å². The molecule has 0 fully saturated rings. The van der Waals surface area contributed by atoms with E-state index in [4.69, 9.17) is 9.47 Å². The molecule has 5 heteroatoms. The highest BCUT2D eigenvalue weighted by molar-refractivity contribution is 6.14. The summed E-state index contributed by atoms with van der Waals surface area (Å²) in [5, 5.41) is 20.1. The molecule has 0 unspecified atom stereocenters. The molecule has 3 rings (SSSR count). The molecule has 2 aromatic rings. The van der Waals surface area contributed by atoms with Gasteiger partial charge in [-0.2, -0.15) is 0 Å². The van der Waals surface area contributed by atoms with Gasteiger partial charge in [0.2, 0.25) is 5.75 Å². The van der Waals surface area contributed by atoms with Crippen LogP contribution in [-0.2, 0) is 6.42 Å². The van der Waals surface area contributed by atoms with Gasteiger partial charge in [0, 0.05) is 0 Å². The molecule has 0 radical (unpaired) electrons. The summed E-state index contributed by atoms with van der Waals surface area (Å²) in [6.07, 6.45) is 1.93. The Kier molecular flexibility index (Phi) is 3.70. The zero-order chi connectivity index (χ0) is 16.6. The fourth-order valence-corrected chi connectivity index (χ4v) is 2.78. The molecular weight excluding hydrogens is 296 g/mol. The van der Waals surface area contributed by atoms with Gasteiger partial charge in [-0.25, -0.2) is 0 Å². The summed E-state index contributed by atoms with van der Waals surface area (Å²) >= 11 is 0. The molecule has 118 valence electrons. The van der Waals surface area contributed by atoms with Crippen LogP contribution in [-0.4, -0.2) is 30.2 Å². The maximum atomic E-state index is 12.4. The fourth-order valence-electron chi connectivity index (χ4n) is 2.78. The lowest BCUT2D eigenvalue weighted by Gasteiger charge is -2.19. The van der Waals surface area contributed by atoms with Gasteiger partial charge in [0.1, 0.15) is 5.75 Å². The Balaban J connectivity index is 2.04. The Labute approximate surface area is 133 Å². The number of rotatable bonds is 3. The number of phenolic OH excluding ortho intramolecular Hbond substituents is 2. The van der Waals surface area contributed by atoms with E-state index < -0.39 is 0 Å². The highest BCUT2D eigenvalue weighted by Gasteiger charge is 2.26. The summed E-state index contributed by atoms with van der Waals surface area (Å²) in [5.41, 5.74) is 2.45. The smallest absolute Gasteiger partial charge is 0.203 e. The van der Waals surface area contributed by atoms with E-state index in [0.29, 0.717) is 12.0 Å². The van der Waals surface area contributed by atoms with E-state index >= 15 is 0 Å². The van der Waals surface area contributed by atoms with Crippen LogP contribution in [0.3, 0.4) is 0 Å². The van der Waals surface area contributed by atoms with Crippen molar-refractivity contribution in [1.82, 2.24) is 0 Å². The van der Waals surface area contributed by atoms with Gasteiger partial charge in [-0.15, -0.1) is 0 Å². The summed E-state index contributed by atoms with van der Waals surface area (Å²) in [6.45, 7) is 0. The van der Waals surface area contributed by atoms with E-state index in [-0.39, 0.29) is 28.6 Å². The van der Waals surface area contributed by atoms with Crippen molar-refractivity contribution in [3.8, 4) is 23.0 Å². The van der Waals surface area contributed by atoms with Crippen LogP contribution in [0.5, 0.6) is 23.0 Å². The Morgan fingerprint density at radius 2 is 1.74 bits per heavy atom. The van der Waals surface area contributed by atoms with Crippen molar-refractivity contribution in [3.05, 3.63) is 53.1 Å². The van der Waals surface area contributed by atoms with Gasteiger partial charge in [0.25, 0.3) is 0 Å². The lowest BCUT2D eigenvalue weighted by Crippen LogP contribution is -2.10. The predicted molar refractivity (Wildman–Crippen MR) is 85.3 cm³/mol. The van der Waals surface area contributed by atoms with Gasteiger partial charge in [-0.1, -0.05) is 12.1 Å². The zero-order valence-electron chi connectivity index (χ0n) is 12.8. The Hall–Kier alpha value is -2.95. The summed E-state index contributed by atoms with van der Waals surface area (Å²) in [4.78, 5) is 12.4. The Morgan fingerprint density at radius 3 is 2.35 bits per heavy atom. The highest BCUT2D eigenvalue weighted by Crippen LogP contribution is 2.43. The highest BCUT2D eigenvalue weighted by atomic mass is 16.5. The van der Waals surface area contributed by atoms with Crippen molar-refractivity contribution in [1.29, 1.82) is 0 Å². The number of ketones is 1. The van der Waals surface area contributed by atoms with E-state index in [1.165, 1.54) is 19.3 Å². The first-order chi connectivity index (χ1) is 11.0. The van der Waals surface area contributed by atoms with E-state index in [0.717, 1.165) is 16.9 Å². The molecule has 0 bridgehead atoms. The van der Waals surface area contributed by atoms with Crippen molar-refractivity contribution in [2.45, 2.75) is 6.42 Å². The monoisotopic (exact) mass is 312 g/mol. The number of phenols is 2. The van der Waals surface area contributed by atoms with Crippen LogP contribution < -0.4 is 9.47 Å². The maximum Gasteiger partial charge on any atom is 0.203 e. The van der Waals surface area contributed by atoms with E-state index in [1.807, 2.05) is 24.3 Å². The molecule has 0 heterocycles. The second-order valence-electron chi connectivity index (χ2n) is 5.25. The topological polar surface area (TPSA) is 76.0 Å². The van der Waals surface area contributed by atoms with E-state index in [2.05, 4.69) is 0 Å². The number of carbonyl (C=O) groups is 1. The molecule has 2 N–H and O–H groups in total. The third-order valence-corrected chi connectivity index (χ3v) is 3.91. The van der Waals surface area contributed by atoms with E-state index in [1.54, 1.807) is 7.11 Å². The number of fused-ring (bicyclic) bond motifs is 1. The fraction of sp³-hybridized carbons (Fsp3) is 0.167.